The van der Waals surface area contributed by atoms with E-state index in [1.165, 1.54) is 0 Å². The van der Waals surface area contributed by atoms with Crippen molar-refractivity contribution >= 4 is 34.1 Å². The third-order valence-corrected chi connectivity index (χ3v) is 4.66. The van der Waals surface area contributed by atoms with E-state index in [0.29, 0.717) is 18.8 Å². The van der Waals surface area contributed by atoms with Crippen LogP contribution in [0.1, 0.15) is 6.42 Å². The number of aromatic nitrogens is 1. The van der Waals surface area contributed by atoms with E-state index >= 15 is 0 Å². The molecule has 2 aromatic carbocycles. The molecular weight excluding hydrogens is 328 g/mol. The average Bonchev–Trinajstić information content (AvgIpc) is 3.32. The van der Waals surface area contributed by atoms with Crippen LogP contribution in [0.25, 0.3) is 10.9 Å². The second kappa shape index (κ2) is 6.92. The van der Waals surface area contributed by atoms with E-state index in [9.17, 15) is 9.59 Å². The molecule has 3 aromatic rings. The van der Waals surface area contributed by atoms with Crippen LogP contribution in [0.3, 0.4) is 0 Å². The van der Waals surface area contributed by atoms with Crippen molar-refractivity contribution in [2.24, 2.45) is 0 Å². The first-order valence-corrected chi connectivity index (χ1v) is 8.68. The number of hydrogen-bond donors (Lipinski definition) is 3. The fourth-order valence-corrected chi connectivity index (χ4v) is 3.35. The van der Waals surface area contributed by atoms with Crippen LogP contribution in [0.2, 0.25) is 0 Å². The van der Waals surface area contributed by atoms with Crippen molar-refractivity contribution in [1.29, 1.82) is 0 Å². The van der Waals surface area contributed by atoms with Crippen LogP contribution in [-0.2, 0) is 9.59 Å². The highest BCUT2D eigenvalue weighted by atomic mass is 16.2. The molecule has 1 aliphatic rings. The molecule has 3 N–H and O–H groups in total. The lowest BCUT2D eigenvalue weighted by atomic mass is 10.2. The third kappa shape index (κ3) is 3.26. The van der Waals surface area contributed by atoms with Crippen molar-refractivity contribution in [2.45, 2.75) is 12.5 Å². The number of aromatic amines is 1. The van der Waals surface area contributed by atoms with Crippen molar-refractivity contribution in [2.75, 3.05) is 23.7 Å². The number of para-hydroxylation sites is 1. The number of likely N-dealkylation sites (tertiary alicyclic amines) is 1. The Morgan fingerprint density at radius 2 is 1.88 bits per heavy atom. The molecule has 0 unspecified atom stereocenters. The van der Waals surface area contributed by atoms with Gasteiger partial charge in [0.2, 0.25) is 0 Å². The molecule has 0 bridgehead atoms. The maximum Gasteiger partial charge on any atom is 0.313 e. The second-order valence-corrected chi connectivity index (χ2v) is 6.45. The first-order valence-electron chi connectivity index (χ1n) is 8.68. The molecule has 132 valence electrons. The van der Waals surface area contributed by atoms with Gasteiger partial charge in [0.25, 0.3) is 0 Å². The van der Waals surface area contributed by atoms with Crippen LogP contribution in [-0.4, -0.2) is 40.8 Å². The molecule has 26 heavy (non-hydrogen) atoms. The molecule has 1 fully saturated rings. The van der Waals surface area contributed by atoms with E-state index in [1.807, 2.05) is 54.7 Å². The van der Waals surface area contributed by atoms with Gasteiger partial charge in [-0.15, -0.1) is 0 Å². The van der Waals surface area contributed by atoms with Gasteiger partial charge in [0.15, 0.2) is 0 Å². The molecule has 1 atom stereocenters. The van der Waals surface area contributed by atoms with E-state index < -0.39 is 11.8 Å². The number of fused-ring (bicyclic) bond motifs is 1. The summed E-state index contributed by atoms with van der Waals surface area (Å²) in [5.74, 6) is -1.09. The van der Waals surface area contributed by atoms with Gasteiger partial charge >= 0.3 is 11.8 Å². The molecule has 0 spiro atoms. The topological polar surface area (TPSA) is 77.2 Å². The maximum atomic E-state index is 12.5. The van der Waals surface area contributed by atoms with Crippen molar-refractivity contribution < 1.29 is 9.59 Å². The molecule has 1 saturated heterocycles. The Labute approximate surface area is 151 Å². The van der Waals surface area contributed by atoms with Gasteiger partial charge in [0.1, 0.15) is 0 Å². The number of H-pyrrole nitrogens is 1. The van der Waals surface area contributed by atoms with Crippen LogP contribution >= 0.6 is 0 Å². The number of amides is 2. The molecule has 4 rings (SSSR count). The molecular formula is C20H20N4O2. The van der Waals surface area contributed by atoms with Crippen molar-refractivity contribution in [3.8, 4) is 0 Å². The van der Waals surface area contributed by atoms with Crippen LogP contribution in [0.5, 0.6) is 0 Å². The third-order valence-electron chi connectivity index (χ3n) is 4.66. The van der Waals surface area contributed by atoms with E-state index in [-0.39, 0.29) is 6.04 Å². The van der Waals surface area contributed by atoms with Gasteiger partial charge in [-0.2, -0.15) is 0 Å². The Bertz CT molecular complexity index is 935. The Morgan fingerprint density at radius 3 is 2.73 bits per heavy atom. The molecule has 1 aromatic heterocycles. The lowest BCUT2D eigenvalue weighted by Crippen LogP contribution is -2.39. The van der Waals surface area contributed by atoms with Gasteiger partial charge < -0.3 is 20.5 Å². The Morgan fingerprint density at radius 1 is 1.04 bits per heavy atom. The first kappa shape index (κ1) is 16.2. The highest BCUT2D eigenvalue weighted by molar-refractivity contribution is 6.40. The van der Waals surface area contributed by atoms with Gasteiger partial charge in [-0.05, 0) is 36.8 Å². The smallest absolute Gasteiger partial charge is 0.313 e. The average molecular weight is 348 g/mol. The zero-order chi connectivity index (χ0) is 17.9. The molecule has 0 aliphatic carbocycles. The minimum Gasteiger partial charge on any atom is -0.380 e. The molecule has 0 radical (unpaired) electrons. The summed E-state index contributed by atoms with van der Waals surface area (Å²) < 4.78 is 0. The predicted octanol–water partition coefficient (Wildman–Crippen LogP) is 2.82. The Kier molecular flexibility index (Phi) is 4.31. The van der Waals surface area contributed by atoms with Crippen LogP contribution in [0.4, 0.5) is 11.4 Å². The zero-order valence-corrected chi connectivity index (χ0v) is 14.2. The second-order valence-electron chi connectivity index (χ2n) is 6.45. The summed E-state index contributed by atoms with van der Waals surface area (Å²) in [6, 6.07) is 17.5. The lowest BCUT2D eigenvalue weighted by molar-refractivity contribution is -0.142. The minimum atomic E-state index is -0.598. The number of nitrogens with zero attached hydrogens (tertiary/aromatic N) is 1. The highest BCUT2D eigenvalue weighted by Gasteiger charge is 2.30. The molecule has 6 nitrogen and oxygen atoms in total. The summed E-state index contributed by atoms with van der Waals surface area (Å²) in [6.45, 7) is 1.10. The normalized spacial score (nSPS) is 16.6. The van der Waals surface area contributed by atoms with Crippen LogP contribution < -0.4 is 10.6 Å². The number of rotatable bonds is 3. The molecule has 6 heteroatoms. The van der Waals surface area contributed by atoms with Gasteiger partial charge in [0.05, 0.1) is 5.69 Å². The molecule has 0 saturated carbocycles. The number of nitrogens with one attached hydrogen (secondary N) is 3. The van der Waals surface area contributed by atoms with Gasteiger partial charge in [-0.3, -0.25) is 9.59 Å². The van der Waals surface area contributed by atoms with Crippen molar-refractivity contribution in [3.63, 3.8) is 0 Å². The van der Waals surface area contributed by atoms with E-state index in [0.717, 1.165) is 23.0 Å². The van der Waals surface area contributed by atoms with Crippen LogP contribution in [0.15, 0.2) is 60.8 Å². The van der Waals surface area contributed by atoms with Gasteiger partial charge in [0, 0.05) is 41.9 Å². The summed E-state index contributed by atoms with van der Waals surface area (Å²) >= 11 is 0. The SMILES string of the molecule is O=C(Nc1cccc2[nH]ccc12)C(=O)N1CC[C@@H](Nc2ccccc2)C1. The first-order chi connectivity index (χ1) is 12.7. The minimum absolute atomic E-state index is 0.155. The molecule has 1 aliphatic heterocycles. The van der Waals surface area contributed by atoms with E-state index in [4.69, 9.17) is 0 Å². The number of carbonyl (C=O) groups is 2. The lowest BCUT2D eigenvalue weighted by Gasteiger charge is -2.17. The summed E-state index contributed by atoms with van der Waals surface area (Å²) in [7, 11) is 0. The Balaban J connectivity index is 1.38. The monoisotopic (exact) mass is 348 g/mol. The standard InChI is InChI=1S/C20H20N4O2/c25-19(23-18-8-4-7-17-16(18)9-11-21-17)20(26)24-12-10-15(13-24)22-14-5-2-1-3-6-14/h1-9,11,15,21-22H,10,12-13H2,(H,23,25)/t15-/m1/s1. The highest BCUT2D eigenvalue weighted by Crippen LogP contribution is 2.22. The van der Waals surface area contributed by atoms with Gasteiger partial charge in [-0.1, -0.05) is 24.3 Å². The van der Waals surface area contributed by atoms with Crippen molar-refractivity contribution in [3.05, 3.63) is 60.8 Å². The summed E-state index contributed by atoms with van der Waals surface area (Å²) in [5.41, 5.74) is 2.58. The summed E-state index contributed by atoms with van der Waals surface area (Å²) in [5, 5.41) is 7.03. The summed E-state index contributed by atoms with van der Waals surface area (Å²) in [4.78, 5) is 29.6. The van der Waals surface area contributed by atoms with E-state index in [2.05, 4.69) is 15.6 Å². The molecule has 2 heterocycles. The van der Waals surface area contributed by atoms with Crippen molar-refractivity contribution in [1.82, 2.24) is 9.88 Å². The number of carbonyl (C=O) groups excluding carboxylic acids is 2. The largest absolute Gasteiger partial charge is 0.380 e. The number of benzene rings is 2. The fraction of sp³-hybridized carbons (Fsp3) is 0.200. The number of hydrogen-bond acceptors (Lipinski definition) is 3. The molecule has 2 amide bonds. The van der Waals surface area contributed by atoms with Crippen LogP contribution in [0, 0.1) is 0 Å². The van der Waals surface area contributed by atoms with E-state index in [1.54, 1.807) is 11.0 Å². The fourth-order valence-electron chi connectivity index (χ4n) is 3.35. The predicted molar refractivity (Wildman–Crippen MR) is 102 cm³/mol. The Hall–Kier alpha value is -3.28. The maximum absolute atomic E-state index is 12.5. The number of anilines is 2. The summed E-state index contributed by atoms with van der Waals surface area (Å²) in [6.07, 6.45) is 2.63. The zero-order valence-electron chi connectivity index (χ0n) is 14.2. The van der Waals surface area contributed by atoms with Gasteiger partial charge in [-0.25, -0.2) is 0 Å². The quantitative estimate of drug-likeness (QED) is 0.637.